The van der Waals surface area contributed by atoms with E-state index < -0.39 is 10.9 Å². The molecule has 1 rings (SSSR count). The van der Waals surface area contributed by atoms with Gasteiger partial charge < -0.3 is 5.11 Å². The maximum atomic E-state index is 10.3. The number of aromatic carboxylic acids is 1. The normalized spacial score (nSPS) is 8.43. The van der Waals surface area contributed by atoms with Gasteiger partial charge in [0.2, 0.25) is 0 Å². The lowest BCUT2D eigenvalue weighted by atomic mass is 10.2. The first kappa shape index (κ1) is 12.0. The minimum atomic E-state index is -1.09. The standard InChI is InChI=1S/C7H5NO4.FHO/c9-7(10)5-1-3-6(4-2-5)8(11)12;1-2/h1-4H,(H,9,10);2H. The Morgan fingerprint density at radius 2 is 1.71 bits per heavy atom. The maximum Gasteiger partial charge on any atom is 0.335 e. The van der Waals surface area contributed by atoms with Gasteiger partial charge in [-0.05, 0) is 12.1 Å². The van der Waals surface area contributed by atoms with Crippen LogP contribution in [-0.2, 0) is 0 Å². The molecule has 0 saturated heterocycles. The molecule has 7 heteroatoms. The van der Waals surface area contributed by atoms with E-state index in [-0.39, 0.29) is 11.3 Å². The van der Waals surface area contributed by atoms with Crippen molar-refractivity contribution in [1.82, 2.24) is 0 Å². The number of non-ortho nitro benzene ring substituents is 1. The summed E-state index contributed by atoms with van der Waals surface area (Å²) < 4.78 is 8.50. The number of nitro groups is 1. The Labute approximate surface area is 77.3 Å². The monoisotopic (exact) mass is 203 g/mol. The molecule has 6 nitrogen and oxygen atoms in total. The highest BCUT2D eigenvalue weighted by Crippen LogP contribution is 2.11. The molecule has 0 unspecified atom stereocenters. The molecule has 0 aliphatic rings. The topological polar surface area (TPSA) is 101 Å². The van der Waals surface area contributed by atoms with Crippen molar-refractivity contribution in [3.8, 4) is 0 Å². The summed E-state index contributed by atoms with van der Waals surface area (Å²) in [7, 11) is 0. The molecule has 14 heavy (non-hydrogen) atoms. The first-order valence-corrected chi connectivity index (χ1v) is 3.26. The third kappa shape index (κ3) is 3.15. The van der Waals surface area contributed by atoms with Crippen LogP contribution in [-0.4, -0.2) is 21.3 Å². The van der Waals surface area contributed by atoms with Gasteiger partial charge in [-0.25, -0.2) is 10.1 Å². The molecule has 2 N–H and O–H groups in total. The number of carboxylic acid groups (broad SMARTS) is 1. The molecule has 0 aliphatic heterocycles. The third-order valence-corrected chi connectivity index (χ3v) is 1.33. The molecule has 0 aliphatic carbocycles. The van der Waals surface area contributed by atoms with Gasteiger partial charge >= 0.3 is 5.97 Å². The van der Waals surface area contributed by atoms with Crippen LogP contribution in [0.4, 0.5) is 10.2 Å². The lowest BCUT2D eigenvalue weighted by molar-refractivity contribution is -0.384. The molecule has 0 amide bonds. The Bertz CT molecular complexity index is 290. The molecule has 1 aromatic carbocycles. The maximum absolute atomic E-state index is 10.3. The Hall–Kier alpha value is -2.02. The second kappa shape index (κ2) is 5.60. The molecular weight excluding hydrogens is 197 g/mol. The average Bonchev–Trinajstić information content (AvgIpc) is 2.21. The fourth-order valence-electron chi connectivity index (χ4n) is 0.726. The zero-order valence-corrected chi connectivity index (χ0v) is 6.75. The first-order chi connectivity index (χ1) is 6.61. The van der Waals surface area contributed by atoms with Crippen LogP contribution in [0.15, 0.2) is 24.3 Å². The van der Waals surface area contributed by atoms with E-state index in [1.54, 1.807) is 0 Å². The van der Waals surface area contributed by atoms with Crippen molar-refractivity contribution in [1.29, 1.82) is 0 Å². The second-order valence-electron chi connectivity index (χ2n) is 2.11. The summed E-state index contributed by atoms with van der Waals surface area (Å²) >= 11 is 0. The highest BCUT2D eigenvalue weighted by molar-refractivity contribution is 5.87. The summed E-state index contributed by atoms with van der Waals surface area (Å²) in [5.41, 5.74) is -0.0689. The number of hydrogen-bond donors (Lipinski definition) is 2. The molecule has 0 heterocycles. The molecule has 0 bridgehead atoms. The van der Waals surface area contributed by atoms with E-state index >= 15 is 0 Å². The molecule has 0 saturated carbocycles. The van der Waals surface area contributed by atoms with Crippen LogP contribution in [0.5, 0.6) is 0 Å². The van der Waals surface area contributed by atoms with Gasteiger partial charge in [0, 0.05) is 12.1 Å². The number of benzene rings is 1. The van der Waals surface area contributed by atoms with E-state index in [1.165, 1.54) is 12.1 Å². The van der Waals surface area contributed by atoms with Crippen LogP contribution >= 0.6 is 0 Å². The largest absolute Gasteiger partial charge is 0.478 e. The highest BCUT2D eigenvalue weighted by Gasteiger charge is 2.06. The van der Waals surface area contributed by atoms with Crippen LogP contribution in [0.1, 0.15) is 10.4 Å². The third-order valence-electron chi connectivity index (χ3n) is 1.33. The summed E-state index contributed by atoms with van der Waals surface area (Å²) in [5, 5.41) is 24.1. The Kier molecular flexibility index (Phi) is 4.79. The van der Waals surface area contributed by atoms with Crippen molar-refractivity contribution in [3.63, 3.8) is 0 Å². The smallest absolute Gasteiger partial charge is 0.335 e. The quantitative estimate of drug-likeness (QED) is 0.554. The predicted octanol–water partition coefficient (Wildman–Crippen LogP) is 1.16. The van der Waals surface area contributed by atoms with Crippen LogP contribution in [0, 0.1) is 10.1 Å². The minimum Gasteiger partial charge on any atom is -0.478 e. The van der Waals surface area contributed by atoms with Crippen molar-refractivity contribution < 1.29 is 24.7 Å². The van der Waals surface area contributed by atoms with Gasteiger partial charge in [0.05, 0.1) is 10.5 Å². The van der Waals surface area contributed by atoms with E-state index in [9.17, 15) is 14.9 Å². The molecule has 0 fully saturated rings. The lowest BCUT2D eigenvalue weighted by Crippen LogP contribution is -1.96. The lowest BCUT2D eigenvalue weighted by Gasteiger charge is -1.92. The second-order valence-corrected chi connectivity index (χ2v) is 2.11. The number of carboxylic acids is 1. The van der Waals surface area contributed by atoms with Crippen molar-refractivity contribution in [2.75, 3.05) is 0 Å². The first-order valence-electron chi connectivity index (χ1n) is 3.26. The summed E-state index contributed by atoms with van der Waals surface area (Å²) in [5.74, 6) is -1.09. The van der Waals surface area contributed by atoms with E-state index in [2.05, 4.69) is 0 Å². The summed E-state index contributed by atoms with van der Waals surface area (Å²) in [6.07, 6.45) is 0. The average molecular weight is 203 g/mol. The van der Waals surface area contributed by atoms with E-state index in [1.807, 2.05) is 0 Å². The van der Waals surface area contributed by atoms with Gasteiger partial charge in [-0.3, -0.25) is 10.1 Å². The fraction of sp³-hybridized carbons (Fsp3) is 0. The van der Waals surface area contributed by atoms with Gasteiger partial charge in [-0.2, -0.15) is 0 Å². The number of rotatable bonds is 2. The van der Waals surface area contributed by atoms with Crippen molar-refractivity contribution >= 4 is 11.7 Å². The van der Waals surface area contributed by atoms with Crippen LogP contribution in [0.3, 0.4) is 0 Å². The van der Waals surface area contributed by atoms with Gasteiger partial charge in [0.25, 0.3) is 5.69 Å². The zero-order chi connectivity index (χ0) is 11.1. The molecule has 0 aromatic heterocycles. The fourth-order valence-corrected chi connectivity index (χ4v) is 0.726. The van der Waals surface area contributed by atoms with E-state index in [0.717, 1.165) is 12.1 Å². The Morgan fingerprint density at radius 3 is 2.00 bits per heavy atom. The van der Waals surface area contributed by atoms with Crippen LogP contribution in [0.25, 0.3) is 0 Å². The number of carbonyl (C=O) groups is 1. The number of nitro benzene ring substituents is 1. The molecule has 76 valence electrons. The molecule has 1 aromatic rings. The Morgan fingerprint density at radius 1 is 1.29 bits per heavy atom. The highest BCUT2D eigenvalue weighted by atomic mass is 19.3. The van der Waals surface area contributed by atoms with Crippen molar-refractivity contribution in [3.05, 3.63) is 39.9 Å². The van der Waals surface area contributed by atoms with Crippen LogP contribution < -0.4 is 0 Å². The van der Waals surface area contributed by atoms with Crippen LogP contribution in [0.2, 0.25) is 0 Å². The van der Waals surface area contributed by atoms with Crippen molar-refractivity contribution in [2.45, 2.75) is 0 Å². The number of halogens is 1. The number of hydrogen-bond acceptors (Lipinski definition) is 4. The number of nitrogens with zero attached hydrogens (tertiary/aromatic N) is 1. The molecular formula is C7H6FNO5. The molecule has 0 radical (unpaired) electrons. The Balaban J connectivity index is 0.000000791. The van der Waals surface area contributed by atoms with Gasteiger partial charge in [-0.15, -0.1) is 0 Å². The predicted molar refractivity (Wildman–Crippen MR) is 43.4 cm³/mol. The summed E-state index contributed by atoms with van der Waals surface area (Å²) in [6.45, 7) is 0. The van der Waals surface area contributed by atoms with E-state index in [0.29, 0.717) is 0 Å². The molecule has 0 spiro atoms. The summed E-state index contributed by atoms with van der Waals surface area (Å²) in [4.78, 5) is 19.9. The van der Waals surface area contributed by atoms with Crippen molar-refractivity contribution in [2.24, 2.45) is 0 Å². The van der Waals surface area contributed by atoms with Gasteiger partial charge in [0.1, 0.15) is 0 Å². The SMILES string of the molecule is O=C(O)c1ccc([N+](=O)[O-])cc1.OF. The van der Waals surface area contributed by atoms with Gasteiger partial charge in [0.15, 0.2) is 0 Å². The van der Waals surface area contributed by atoms with Gasteiger partial charge in [-0.1, -0.05) is 4.53 Å². The minimum absolute atomic E-state index is 0.0422. The summed E-state index contributed by atoms with van der Waals surface area (Å²) in [6, 6.07) is 4.70. The zero-order valence-electron chi connectivity index (χ0n) is 6.75. The van der Waals surface area contributed by atoms with E-state index in [4.69, 9.17) is 14.9 Å². The molecule has 0 atom stereocenters.